The summed E-state index contributed by atoms with van der Waals surface area (Å²) in [4.78, 5) is 0.831. The van der Waals surface area contributed by atoms with Crippen LogP contribution in [0.2, 0.25) is 0 Å². The summed E-state index contributed by atoms with van der Waals surface area (Å²) >= 11 is 0. The molecule has 4 heteroatoms. The standard InChI is InChI=1S/C21H33NO2S/c1-19(2)12-17-13-21(5,14-19)15-22(17)25(7,23)18-10-8-16(9-11-18)20(3,4)24-6/h8-11,17H,7,12-15H2,1-6H3. The van der Waals surface area contributed by atoms with E-state index in [1.807, 2.05) is 38.1 Å². The fraction of sp³-hybridized carbons (Fsp3) is 0.667. The molecule has 3 nitrogen and oxygen atoms in total. The van der Waals surface area contributed by atoms with Crippen LogP contribution in [-0.2, 0) is 20.0 Å². The smallest absolute Gasteiger partial charge is 0.0871 e. The van der Waals surface area contributed by atoms with E-state index in [0.717, 1.165) is 29.8 Å². The summed E-state index contributed by atoms with van der Waals surface area (Å²) in [5, 5.41) is 0. The maximum atomic E-state index is 13.7. The minimum atomic E-state index is -2.46. The first kappa shape index (κ1) is 18.9. The SMILES string of the molecule is C=S(=O)(c1ccc(C(C)(C)OC)cc1)N1CC2(C)CC1CC(C)(C)C2. The molecule has 1 aromatic rings. The predicted molar refractivity (Wildman–Crippen MR) is 106 cm³/mol. The van der Waals surface area contributed by atoms with E-state index in [0.29, 0.717) is 11.5 Å². The highest BCUT2D eigenvalue weighted by Crippen LogP contribution is 2.53. The van der Waals surface area contributed by atoms with Gasteiger partial charge in [0.25, 0.3) is 0 Å². The Balaban J connectivity index is 1.90. The van der Waals surface area contributed by atoms with Gasteiger partial charge in [0.15, 0.2) is 0 Å². The molecule has 0 radical (unpaired) electrons. The number of methoxy groups -OCH3 is 1. The Kier molecular flexibility index (Phi) is 4.42. The zero-order valence-electron chi connectivity index (χ0n) is 16.6. The van der Waals surface area contributed by atoms with Crippen LogP contribution < -0.4 is 0 Å². The molecule has 0 amide bonds. The van der Waals surface area contributed by atoms with Gasteiger partial charge in [0.1, 0.15) is 0 Å². The molecule has 0 aromatic heterocycles. The molecule has 140 valence electrons. The summed E-state index contributed by atoms with van der Waals surface area (Å²) in [6.45, 7) is 12.0. The normalized spacial score (nSPS) is 31.7. The lowest BCUT2D eigenvalue weighted by Crippen LogP contribution is -2.37. The first-order chi connectivity index (χ1) is 11.4. The number of fused-ring (bicyclic) bond motifs is 2. The molecular formula is C21H33NO2S. The van der Waals surface area contributed by atoms with Crippen molar-refractivity contribution in [3.05, 3.63) is 29.8 Å². The van der Waals surface area contributed by atoms with Crippen molar-refractivity contribution in [2.75, 3.05) is 13.7 Å². The van der Waals surface area contributed by atoms with Gasteiger partial charge in [0, 0.05) is 24.6 Å². The van der Waals surface area contributed by atoms with Crippen LogP contribution in [0.4, 0.5) is 0 Å². The van der Waals surface area contributed by atoms with E-state index in [4.69, 9.17) is 4.74 Å². The van der Waals surface area contributed by atoms with Crippen molar-refractivity contribution in [3.8, 4) is 0 Å². The summed E-state index contributed by atoms with van der Waals surface area (Å²) in [5.74, 6) is 4.20. The Labute approximate surface area is 153 Å². The van der Waals surface area contributed by atoms with E-state index in [1.54, 1.807) is 7.11 Å². The molecule has 1 heterocycles. The molecule has 1 saturated carbocycles. The average Bonchev–Trinajstić information content (AvgIpc) is 2.77. The molecule has 1 aromatic carbocycles. The second kappa shape index (κ2) is 5.83. The quantitative estimate of drug-likeness (QED) is 0.739. The first-order valence-electron chi connectivity index (χ1n) is 9.18. The Hall–Kier alpha value is -0.840. The van der Waals surface area contributed by atoms with Crippen molar-refractivity contribution < 1.29 is 8.95 Å². The molecule has 3 atom stereocenters. The number of benzene rings is 1. The van der Waals surface area contributed by atoms with Crippen LogP contribution >= 0.6 is 0 Å². The summed E-state index contributed by atoms with van der Waals surface area (Å²) in [5.41, 5.74) is 1.31. The molecule has 0 spiro atoms. The van der Waals surface area contributed by atoms with Gasteiger partial charge in [0.05, 0.1) is 15.3 Å². The number of hydrogen-bond donors (Lipinski definition) is 0. The summed E-state index contributed by atoms with van der Waals surface area (Å²) in [6.07, 6.45) is 3.44. The third kappa shape index (κ3) is 3.41. The molecule has 1 saturated heterocycles. The Morgan fingerprint density at radius 1 is 1.20 bits per heavy atom. The van der Waals surface area contributed by atoms with E-state index in [9.17, 15) is 4.21 Å². The molecule has 0 N–H and O–H groups in total. The third-order valence-electron chi connectivity index (χ3n) is 6.17. The van der Waals surface area contributed by atoms with Crippen LogP contribution in [-0.4, -0.2) is 34.1 Å². The molecule has 2 aliphatic rings. The molecule has 2 fully saturated rings. The number of ether oxygens (including phenoxy) is 1. The van der Waals surface area contributed by atoms with Gasteiger partial charge in [-0.25, -0.2) is 8.51 Å². The molecule has 2 bridgehead atoms. The number of hydrogen-bond acceptors (Lipinski definition) is 2. The van der Waals surface area contributed by atoms with Gasteiger partial charge in [-0.1, -0.05) is 32.9 Å². The molecular weight excluding hydrogens is 330 g/mol. The van der Waals surface area contributed by atoms with Crippen LogP contribution in [0.3, 0.4) is 0 Å². The predicted octanol–water partition coefficient (Wildman–Crippen LogP) is 4.46. The average molecular weight is 364 g/mol. The second-order valence-corrected chi connectivity index (χ2v) is 11.9. The highest BCUT2D eigenvalue weighted by Gasteiger charge is 2.51. The van der Waals surface area contributed by atoms with Gasteiger partial charge in [0.2, 0.25) is 0 Å². The van der Waals surface area contributed by atoms with E-state index >= 15 is 0 Å². The molecule has 25 heavy (non-hydrogen) atoms. The third-order valence-corrected chi connectivity index (χ3v) is 8.37. The van der Waals surface area contributed by atoms with Gasteiger partial charge in [-0.05, 0) is 67.5 Å². The van der Waals surface area contributed by atoms with E-state index < -0.39 is 9.71 Å². The Bertz CT molecular complexity index is 749. The Morgan fingerprint density at radius 3 is 2.36 bits per heavy atom. The highest BCUT2D eigenvalue weighted by atomic mass is 32.2. The second-order valence-electron chi connectivity index (χ2n) is 9.67. The Morgan fingerprint density at radius 2 is 1.80 bits per heavy atom. The van der Waals surface area contributed by atoms with E-state index in [1.165, 1.54) is 6.42 Å². The zero-order valence-corrected chi connectivity index (χ0v) is 17.4. The lowest BCUT2D eigenvalue weighted by atomic mass is 9.65. The minimum Gasteiger partial charge on any atom is -0.374 e. The summed E-state index contributed by atoms with van der Waals surface area (Å²) in [6, 6.07) is 8.37. The zero-order chi connectivity index (χ0) is 18.7. The van der Waals surface area contributed by atoms with Crippen molar-refractivity contribution in [2.45, 2.75) is 70.4 Å². The van der Waals surface area contributed by atoms with E-state index in [2.05, 4.69) is 30.9 Å². The number of nitrogens with zero attached hydrogens (tertiary/aromatic N) is 1. The van der Waals surface area contributed by atoms with Gasteiger partial charge in [-0.2, -0.15) is 0 Å². The first-order valence-corrected chi connectivity index (χ1v) is 10.9. The monoisotopic (exact) mass is 363 g/mol. The lowest BCUT2D eigenvalue weighted by molar-refractivity contribution is 0.0192. The fourth-order valence-electron chi connectivity index (χ4n) is 5.08. The van der Waals surface area contributed by atoms with Crippen molar-refractivity contribution in [3.63, 3.8) is 0 Å². The van der Waals surface area contributed by atoms with Gasteiger partial charge < -0.3 is 4.74 Å². The summed E-state index contributed by atoms with van der Waals surface area (Å²) in [7, 11) is -0.744. The largest absolute Gasteiger partial charge is 0.374 e. The molecule has 3 unspecified atom stereocenters. The molecule has 1 aliphatic heterocycles. The fourth-order valence-corrected chi connectivity index (χ4v) is 7.06. The van der Waals surface area contributed by atoms with Crippen LogP contribution in [0.5, 0.6) is 0 Å². The van der Waals surface area contributed by atoms with Crippen LogP contribution in [0, 0.1) is 10.8 Å². The van der Waals surface area contributed by atoms with Gasteiger partial charge >= 0.3 is 0 Å². The van der Waals surface area contributed by atoms with Crippen LogP contribution in [0.15, 0.2) is 29.2 Å². The van der Waals surface area contributed by atoms with Crippen molar-refractivity contribution >= 4 is 15.6 Å². The van der Waals surface area contributed by atoms with Crippen molar-refractivity contribution in [1.29, 1.82) is 0 Å². The minimum absolute atomic E-state index is 0.255. The number of rotatable bonds is 4. The molecule has 1 aliphatic carbocycles. The molecule has 3 rings (SSSR count). The van der Waals surface area contributed by atoms with E-state index in [-0.39, 0.29) is 11.0 Å². The maximum absolute atomic E-state index is 13.7. The van der Waals surface area contributed by atoms with Crippen LogP contribution in [0.25, 0.3) is 0 Å². The van der Waals surface area contributed by atoms with Gasteiger partial charge in [-0.15, -0.1) is 0 Å². The van der Waals surface area contributed by atoms with Crippen molar-refractivity contribution in [2.24, 2.45) is 10.8 Å². The summed E-state index contributed by atoms with van der Waals surface area (Å²) < 4.78 is 21.5. The van der Waals surface area contributed by atoms with Gasteiger partial charge in [-0.3, -0.25) is 0 Å². The maximum Gasteiger partial charge on any atom is 0.0871 e. The topological polar surface area (TPSA) is 29.5 Å². The van der Waals surface area contributed by atoms with Crippen molar-refractivity contribution in [1.82, 2.24) is 4.31 Å². The lowest BCUT2D eigenvalue weighted by Gasteiger charge is -2.39. The highest BCUT2D eigenvalue weighted by molar-refractivity contribution is 7.98. The van der Waals surface area contributed by atoms with Crippen LogP contribution in [0.1, 0.15) is 59.4 Å².